The van der Waals surface area contributed by atoms with Gasteiger partial charge in [-0.3, -0.25) is 9.59 Å². The third-order valence-electron chi connectivity index (χ3n) is 3.31. The normalized spacial score (nSPS) is 11.0. The standard InChI is InChI=1S/C18H14BrClN2O4/c1-26-18(25)15(10-16(23)11-2-6-13(19)7-3-11)21-22-17(24)12-4-8-14(20)9-5-12/h2-9H,10H2,1H3,(H,22,24)/b21-15+. The number of methoxy groups -OCH3 is 1. The quantitative estimate of drug-likeness (QED) is 0.324. The van der Waals surface area contributed by atoms with E-state index >= 15 is 0 Å². The number of halogens is 2. The molecule has 0 fully saturated rings. The number of nitrogens with zero attached hydrogens (tertiary/aromatic N) is 1. The SMILES string of the molecule is COC(=O)/C(CC(=O)c1ccc(Br)cc1)=N/NC(=O)c1ccc(Cl)cc1. The van der Waals surface area contributed by atoms with Gasteiger partial charge in [-0.2, -0.15) is 5.10 Å². The highest BCUT2D eigenvalue weighted by Crippen LogP contribution is 2.13. The number of hydrogen-bond donors (Lipinski definition) is 1. The smallest absolute Gasteiger partial charge is 0.354 e. The lowest BCUT2D eigenvalue weighted by atomic mass is 10.1. The molecule has 0 aliphatic rings. The molecule has 0 unspecified atom stereocenters. The van der Waals surface area contributed by atoms with Gasteiger partial charge in [0.15, 0.2) is 11.5 Å². The number of benzene rings is 2. The highest BCUT2D eigenvalue weighted by atomic mass is 79.9. The molecule has 0 aliphatic carbocycles. The van der Waals surface area contributed by atoms with E-state index in [2.05, 4.69) is 31.2 Å². The van der Waals surface area contributed by atoms with Crippen LogP contribution in [0.15, 0.2) is 58.1 Å². The molecule has 2 aromatic carbocycles. The maximum atomic E-state index is 12.3. The van der Waals surface area contributed by atoms with Gasteiger partial charge < -0.3 is 4.74 Å². The molecule has 0 aliphatic heterocycles. The van der Waals surface area contributed by atoms with Gasteiger partial charge >= 0.3 is 5.97 Å². The molecule has 0 atom stereocenters. The van der Waals surface area contributed by atoms with Gasteiger partial charge in [-0.1, -0.05) is 39.7 Å². The van der Waals surface area contributed by atoms with Crippen molar-refractivity contribution in [2.75, 3.05) is 7.11 Å². The number of carbonyl (C=O) groups is 3. The van der Waals surface area contributed by atoms with Crippen LogP contribution >= 0.6 is 27.5 Å². The summed E-state index contributed by atoms with van der Waals surface area (Å²) in [5.41, 5.74) is 2.76. The van der Waals surface area contributed by atoms with E-state index in [0.29, 0.717) is 16.1 Å². The van der Waals surface area contributed by atoms with Crippen LogP contribution in [0.25, 0.3) is 0 Å². The first-order chi connectivity index (χ1) is 12.4. The first-order valence-corrected chi connectivity index (χ1v) is 8.57. The minimum absolute atomic E-state index is 0.206. The number of hydrazone groups is 1. The summed E-state index contributed by atoms with van der Waals surface area (Å²) in [4.78, 5) is 36.2. The van der Waals surface area contributed by atoms with Crippen molar-refractivity contribution in [2.45, 2.75) is 6.42 Å². The molecule has 0 heterocycles. The van der Waals surface area contributed by atoms with Crippen molar-refractivity contribution in [1.82, 2.24) is 5.43 Å². The van der Waals surface area contributed by atoms with Gasteiger partial charge in [-0.05, 0) is 36.4 Å². The van der Waals surface area contributed by atoms with Crippen molar-refractivity contribution >= 4 is 50.9 Å². The summed E-state index contributed by atoms with van der Waals surface area (Å²) in [6.45, 7) is 0. The van der Waals surface area contributed by atoms with Gasteiger partial charge in [0.25, 0.3) is 5.91 Å². The lowest BCUT2D eigenvalue weighted by molar-refractivity contribution is -0.132. The van der Waals surface area contributed by atoms with Gasteiger partial charge in [0, 0.05) is 20.6 Å². The summed E-state index contributed by atoms with van der Waals surface area (Å²) in [6.07, 6.45) is -0.310. The maximum Gasteiger partial charge on any atom is 0.354 e. The Labute approximate surface area is 163 Å². The van der Waals surface area contributed by atoms with E-state index in [0.717, 1.165) is 4.47 Å². The van der Waals surface area contributed by atoms with Crippen LogP contribution in [-0.4, -0.2) is 30.5 Å². The molecular formula is C18H14BrClN2O4. The monoisotopic (exact) mass is 436 g/mol. The lowest BCUT2D eigenvalue weighted by Crippen LogP contribution is -2.26. The molecule has 0 saturated heterocycles. The van der Waals surface area contributed by atoms with Crippen molar-refractivity contribution < 1.29 is 19.1 Å². The summed E-state index contributed by atoms with van der Waals surface area (Å²) >= 11 is 9.05. The highest BCUT2D eigenvalue weighted by Gasteiger charge is 2.18. The molecular weight excluding hydrogens is 424 g/mol. The first kappa shape index (κ1) is 19.8. The predicted molar refractivity (Wildman–Crippen MR) is 101 cm³/mol. The van der Waals surface area contributed by atoms with Gasteiger partial charge in [-0.25, -0.2) is 10.2 Å². The molecule has 6 nitrogen and oxygen atoms in total. The van der Waals surface area contributed by atoms with E-state index in [4.69, 9.17) is 11.6 Å². The molecule has 0 bridgehead atoms. The number of hydrogen-bond acceptors (Lipinski definition) is 5. The number of ketones is 1. The number of amides is 1. The van der Waals surface area contributed by atoms with Crippen LogP contribution in [0, 0.1) is 0 Å². The molecule has 1 N–H and O–H groups in total. The largest absolute Gasteiger partial charge is 0.464 e. The van der Waals surface area contributed by atoms with Crippen molar-refractivity contribution in [3.8, 4) is 0 Å². The zero-order valence-electron chi connectivity index (χ0n) is 13.7. The Hall–Kier alpha value is -2.51. The first-order valence-electron chi connectivity index (χ1n) is 7.40. The summed E-state index contributed by atoms with van der Waals surface area (Å²) in [5.74, 6) is -1.67. The Bertz CT molecular complexity index is 848. The molecule has 0 radical (unpaired) electrons. The van der Waals surface area contributed by atoms with E-state index in [1.54, 1.807) is 36.4 Å². The van der Waals surface area contributed by atoms with Gasteiger partial charge in [0.1, 0.15) is 0 Å². The summed E-state index contributed by atoms with van der Waals surface area (Å²) in [5, 5.41) is 4.24. The van der Waals surface area contributed by atoms with Crippen LogP contribution in [0.4, 0.5) is 0 Å². The molecule has 1 amide bonds. The average Bonchev–Trinajstić information content (AvgIpc) is 2.65. The third kappa shape index (κ3) is 5.50. The molecule has 0 saturated carbocycles. The fourth-order valence-electron chi connectivity index (χ4n) is 1.95. The van der Waals surface area contributed by atoms with Crippen molar-refractivity contribution in [2.24, 2.45) is 5.10 Å². The van der Waals surface area contributed by atoms with E-state index in [-0.39, 0.29) is 17.9 Å². The van der Waals surface area contributed by atoms with Gasteiger partial charge in [0.2, 0.25) is 0 Å². The number of esters is 1. The number of Topliss-reactive ketones (excluding diaryl/α,β-unsaturated/α-hetero) is 1. The van der Waals surface area contributed by atoms with Crippen molar-refractivity contribution in [3.05, 3.63) is 69.2 Å². The molecule has 2 rings (SSSR count). The molecule has 8 heteroatoms. The van der Waals surface area contributed by atoms with E-state index < -0.39 is 11.9 Å². The second-order valence-corrected chi connectivity index (χ2v) is 6.46. The van der Waals surface area contributed by atoms with Crippen LogP contribution in [0.5, 0.6) is 0 Å². The molecule has 0 aromatic heterocycles. The maximum absolute atomic E-state index is 12.3. The second kappa shape index (κ2) is 9.26. The Morgan fingerprint density at radius 2 is 1.62 bits per heavy atom. The molecule has 134 valence electrons. The Balaban J connectivity index is 2.13. The van der Waals surface area contributed by atoms with Gasteiger partial charge in [0.05, 0.1) is 13.5 Å². The summed E-state index contributed by atoms with van der Waals surface area (Å²) < 4.78 is 5.45. The summed E-state index contributed by atoms with van der Waals surface area (Å²) in [6, 6.07) is 12.8. The van der Waals surface area contributed by atoms with Gasteiger partial charge in [-0.15, -0.1) is 0 Å². The van der Waals surface area contributed by atoms with Crippen LogP contribution in [0.1, 0.15) is 27.1 Å². The highest BCUT2D eigenvalue weighted by molar-refractivity contribution is 9.10. The lowest BCUT2D eigenvalue weighted by Gasteiger charge is -2.06. The Kier molecular flexibility index (Phi) is 7.06. The van der Waals surface area contributed by atoms with Crippen molar-refractivity contribution in [3.63, 3.8) is 0 Å². The number of carbonyl (C=O) groups excluding carboxylic acids is 3. The summed E-state index contributed by atoms with van der Waals surface area (Å²) in [7, 11) is 1.17. The molecule has 26 heavy (non-hydrogen) atoms. The third-order valence-corrected chi connectivity index (χ3v) is 4.09. The molecule has 2 aromatic rings. The minimum atomic E-state index is -0.799. The van der Waals surface area contributed by atoms with Crippen LogP contribution in [0.3, 0.4) is 0 Å². The Morgan fingerprint density at radius 3 is 2.19 bits per heavy atom. The van der Waals surface area contributed by atoms with E-state index in [1.807, 2.05) is 0 Å². The number of ether oxygens (including phenoxy) is 1. The fraction of sp³-hybridized carbons (Fsp3) is 0.111. The zero-order valence-corrected chi connectivity index (χ0v) is 16.0. The second-order valence-electron chi connectivity index (χ2n) is 5.10. The number of rotatable bonds is 6. The average molecular weight is 438 g/mol. The van der Waals surface area contributed by atoms with Crippen LogP contribution in [-0.2, 0) is 9.53 Å². The minimum Gasteiger partial charge on any atom is -0.464 e. The fourth-order valence-corrected chi connectivity index (χ4v) is 2.34. The predicted octanol–water partition coefficient (Wildman–Crippen LogP) is 3.63. The molecule has 0 spiro atoms. The van der Waals surface area contributed by atoms with Crippen LogP contribution < -0.4 is 5.43 Å². The van der Waals surface area contributed by atoms with E-state index in [1.165, 1.54) is 19.2 Å². The van der Waals surface area contributed by atoms with Crippen LogP contribution in [0.2, 0.25) is 5.02 Å². The topological polar surface area (TPSA) is 84.8 Å². The zero-order chi connectivity index (χ0) is 19.1. The number of nitrogens with one attached hydrogen (secondary N) is 1. The van der Waals surface area contributed by atoms with Crippen molar-refractivity contribution in [1.29, 1.82) is 0 Å². The Morgan fingerprint density at radius 1 is 1.04 bits per heavy atom. The van der Waals surface area contributed by atoms with E-state index in [9.17, 15) is 14.4 Å².